The number of halogens is 3. The number of pyridine rings is 5. The first-order valence-electron chi connectivity index (χ1n) is 16.0. The predicted molar refractivity (Wildman–Crippen MR) is 210 cm³/mol. The number of hydrogen-bond acceptors (Lipinski definition) is 8. The Morgan fingerprint density at radius 2 is 1.23 bits per heavy atom. The summed E-state index contributed by atoms with van der Waals surface area (Å²) in [5.74, 6) is -0.884. The molecule has 11 nitrogen and oxygen atoms in total. The summed E-state index contributed by atoms with van der Waals surface area (Å²) in [4.78, 5) is 68.8. The van der Waals surface area contributed by atoms with Crippen LogP contribution in [-0.2, 0) is 17.9 Å². The average Bonchev–Trinajstić information content (AvgIpc) is 3.17. The number of amides is 1. The van der Waals surface area contributed by atoms with Crippen molar-refractivity contribution in [3.8, 4) is 0 Å². The van der Waals surface area contributed by atoms with E-state index in [1.165, 1.54) is 26.4 Å². The molecule has 5 heterocycles. The molecule has 0 radical (unpaired) electrons. The maximum atomic E-state index is 13.0. The van der Waals surface area contributed by atoms with Crippen LogP contribution in [0.2, 0.25) is 5.15 Å². The van der Waals surface area contributed by atoms with Gasteiger partial charge in [-0.15, -0.1) is 0 Å². The Kier molecular flexibility index (Phi) is 11.7. The van der Waals surface area contributed by atoms with Gasteiger partial charge in [0.1, 0.15) is 19.9 Å². The van der Waals surface area contributed by atoms with Crippen LogP contribution in [-0.4, -0.2) is 55.0 Å². The fraction of sp³-hybridized carbons (Fsp3) is 0.103. The summed E-state index contributed by atoms with van der Waals surface area (Å²) in [6.07, 6.45) is 4.52. The number of para-hydroxylation sites is 2. The molecule has 5 aromatic heterocycles. The van der Waals surface area contributed by atoms with Crippen LogP contribution in [0.3, 0.4) is 0 Å². The van der Waals surface area contributed by atoms with Crippen LogP contribution in [0.4, 0.5) is 0 Å². The zero-order valence-electron chi connectivity index (χ0n) is 28.2. The lowest BCUT2D eigenvalue weighted by Crippen LogP contribution is -2.31. The summed E-state index contributed by atoms with van der Waals surface area (Å²) in [7, 11) is 2.85. The van der Waals surface area contributed by atoms with Gasteiger partial charge in [0.05, 0.1) is 48.2 Å². The van der Waals surface area contributed by atoms with Crippen LogP contribution in [0.1, 0.15) is 37.7 Å². The highest BCUT2D eigenvalue weighted by Crippen LogP contribution is 2.18. The maximum Gasteiger partial charge on any atom is 0.282 e. The van der Waals surface area contributed by atoms with Gasteiger partial charge in [-0.25, -0.2) is 20.0 Å². The molecule has 0 fully saturated rings. The molecule has 53 heavy (non-hydrogen) atoms. The second-order valence-corrected chi connectivity index (χ2v) is 13.6. The molecule has 1 amide bonds. The van der Waals surface area contributed by atoms with E-state index in [0.717, 1.165) is 36.7 Å². The zero-order valence-corrected chi connectivity index (χ0v) is 32.2. The average molecular weight is 857 g/mol. The predicted octanol–water partition coefficient (Wildman–Crippen LogP) is 7.33. The van der Waals surface area contributed by atoms with Gasteiger partial charge in [0.15, 0.2) is 5.78 Å². The van der Waals surface area contributed by atoms with Gasteiger partial charge in [-0.3, -0.25) is 24.0 Å². The van der Waals surface area contributed by atoms with Gasteiger partial charge in [0.25, 0.3) is 5.91 Å². The van der Waals surface area contributed by atoms with Crippen molar-refractivity contribution in [1.82, 2.24) is 29.1 Å². The van der Waals surface area contributed by atoms with Gasteiger partial charge in [-0.05, 0) is 92.5 Å². The SMILES string of the molecule is CON(C)C(=O)c1cn(Cc2cccc(Br)n2)c2ccccc2c1=O.O=C(c1ccc(Cl)nc1)c1cn(Cc2cccc(Br)n2)c2ccccc2c1=O. The molecule has 0 atom stereocenters. The number of rotatable bonds is 8. The van der Waals surface area contributed by atoms with Gasteiger partial charge in [-0.2, -0.15) is 0 Å². The van der Waals surface area contributed by atoms with Crippen LogP contribution in [0.15, 0.2) is 134 Å². The minimum absolute atomic E-state index is 0.0537. The number of hydrogen-bond donors (Lipinski definition) is 0. The van der Waals surface area contributed by atoms with Crippen LogP contribution < -0.4 is 10.9 Å². The molecule has 0 aliphatic heterocycles. The van der Waals surface area contributed by atoms with Crippen molar-refractivity contribution < 1.29 is 14.4 Å². The molecular formula is C39H29Br2ClN6O5. The Balaban J connectivity index is 0.000000183. The zero-order chi connectivity index (χ0) is 37.6. The molecule has 2 aromatic carbocycles. The molecule has 0 bridgehead atoms. The van der Waals surface area contributed by atoms with E-state index in [2.05, 4.69) is 46.8 Å². The van der Waals surface area contributed by atoms with Gasteiger partial charge >= 0.3 is 0 Å². The van der Waals surface area contributed by atoms with Crippen molar-refractivity contribution in [1.29, 1.82) is 0 Å². The number of ketones is 1. The van der Waals surface area contributed by atoms with E-state index >= 15 is 0 Å². The third-order valence-electron chi connectivity index (χ3n) is 8.21. The quantitative estimate of drug-likeness (QED) is 0.0884. The molecule has 266 valence electrons. The first-order valence-corrected chi connectivity index (χ1v) is 18.0. The third-order valence-corrected chi connectivity index (χ3v) is 9.32. The lowest BCUT2D eigenvalue weighted by molar-refractivity contribution is -0.0758. The topological polar surface area (TPSA) is 129 Å². The fourth-order valence-corrected chi connectivity index (χ4v) is 6.48. The van der Waals surface area contributed by atoms with Crippen molar-refractivity contribution in [3.63, 3.8) is 0 Å². The fourth-order valence-electron chi connectivity index (χ4n) is 5.61. The van der Waals surface area contributed by atoms with Crippen LogP contribution in [0.25, 0.3) is 21.8 Å². The number of hydroxylamine groups is 2. The van der Waals surface area contributed by atoms with Crippen molar-refractivity contribution in [2.45, 2.75) is 13.1 Å². The van der Waals surface area contributed by atoms with Crippen molar-refractivity contribution in [2.75, 3.05) is 14.2 Å². The normalized spacial score (nSPS) is 10.9. The minimum Gasteiger partial charge on any atom is -0.340 e. The van der Waals surface area contributed by atoms with Gasteiger partial charge < -0.3 is 9.13 Å². The third kappa shape index (κ3) is 8.50. The number of nitrogens with zero attached hydrogens (tertiary/aromatic N) is 6. The molecule has 14 heteroatoms. The standard InChI is InChI=1S/C21H13BrClN3O2.C18H16BrN3O3/c22-18-7-3-4-14(25-18)11-26-12-16(20(27)13-8-9-19(23)24-10-13)21(28)15-5-1-2-6-17(15)26;1-21(25-2)18(24)14-11-22(10-12-6-5-9-16(19)20-12)15-8-4-3-7-13(15)17(14)23/h1-10,12H,11H2;3-9,11H,10H2,1-2H3. The number of carbonyl (C=O) groups is 2. The second-order valence-electron chi connectivity index (χ2n) is 11.6. The number of aromatic nitrogens is 5. The molecule has 0 aliphatic carbocycles. The molecule has 0 N–H and O–H groups in total. The summed E-state index contributed by atoms with van der Waals surface area (Å²) in [5.41, 5.74) is 2.90. The van der Waals surface area contributed by atoms with Gasteiger partial charge in [-0.1, -0.05) is 48.0 Å². The molecule has 0 saturated carbocycles. The highest BCUT2D eigenvalue weighted by molar-refractivity contribution is 9.10. The summed E-state index contributed by atoms with van der Waals surface area (Å²) >= 11 is 12.5. The summed E-state index contributed by atoms with van der Waals surface area (Å²) < 4.78 is 5.16. The summed E-state index contributed by atoms with van der Waals surface area (Å²) in [5, 5.41) is 2.28. The van der Waals surface area contributed by atoms with Crippen LogP contribution in [0, 0.1) is 0 Å². The Morgan fingerprint density at radius 3 is 1.72 bits per heavy atom. The molecule has 0 saturated heterocycles. The van der Waals surface area contributed by atoms with E-state index in [4.69, 9.17) is 16.4 Å². The molecule has 0 aliphatic rings. The Bertz CT molecular complexity index is 2610. The molecule has 7 rings (SSSR count). The number of carbonyl (C=O) groups excluding carboxylic acids is 2. The first-order chi connectivity index (χ1) is 25.5. The summed E-state index contributed by atoms with van der Waals surface area (Å²) in [6.45, 7) is 0.844. The minimum atomic E-state index is -0.491. The highest BCUT2D eigenvalue weighted by atomic mass is 79.9. The van der Waals surface area contributed by atoms with E-state index in [-0.39, 0.29) is 27.1 Å². The van der Waals surface area contributed by atoms with Crippen molar-refractivity contribution in [3.05, 3.63) is 179 Å². The largest absolute Gasteiger partial charge is 0.340 e. The van der Waals surface area contributed by atoms with Gasteiger partial charge in [0, 0.05) is 42.0 Å². The van der Waals surface area contributed by atoms with E-state index in [1.807, 2.05) is 69.8 Å². The smallest absolute Gasteiger partial charge is 0.282 e. The number of benzene rings is 2. The Labute approximate surface area is 324 Å². The Hall–Kier alpha value is -5.34. The lowest BCUT2D eigenvalue weighted by atomic mass is 10.0. The van der Waals surface area contributed by atoms with Crippen LogP contribution >= 0.6 is 43.5 Å². The highest BCUT2D eigenvalue weighted by Gasteiger charge is 2.20. The molecular weight excluding hydrogens is 828 g/mol. The van der Waals surface area contributed by atoms with Crippen LogP contribution in [0.5, 0.6) is 0 Å². The maximum absolute atomic E-state index is 13.0. The second kappa shape index (κ2) is 16.6. The molecule has 0 unspecified atom stereocenters. The van der Waals surface area contributed by atoms with E-state index in [9.17, 15) is 19.2 Å². The monoisotopic (exact) mass is 854 g/mol. The summed E-state index contributed by atoms with van der Waals surface area (Å²) in [6, 6.07) is 28.8. The van der Waals surface area contributed by atoms with Crippen molar-refractivity contribution in [2.24, 2.45) is 0 Å². The van der Waals surface area contributed by atoms with E-state index in [0.29, 0.717) is 29.4 Å². The van der Waals surface area contributed by atoms with E-state index < -0.39 is 11.7 Å². The number of fused-ring (bicyclic) bond motifs is 2. The van der Waals surface area contributed by atoms with Gasteiger partial charge in [0.2, 0.25) is 10.9 Å². The Morgan fingerprint density at radius 1 is 0.717 bits per heavy atom. The molecule has 7 aromatic rings. The lowest BCUT2D eigenvalue weighted by Gasteiger charge is -2.16. The first kappa shape index (κ1) is 37.4. The molecule has 0 spiro atoms. The van der Waals surface area contributed by atoms with Crippen molar-refractivity contribution >= 4 is 77.0 Å². The van der Waals surface area contributed by atoms with E-state index in [1.54, 1.807) is 42.7 Å².